The Bertz CT molecular complexity index is 809. The van der Waals surface area contributed by atoms with E-state index in [1.807, 2.05) is 18.3 Å². The summed E-state index contributed by atoms with van der Waals surface area (Å²) in [7, 11) is -3.09. The molecule has 0 spiro atoms. The molecule has 0 unspecified atom stereocenters. The molecule has 1 fully saturated rings. The molecule has 1 saturated heterocycles. The van der Waals surface area contributed by atoms with Crippen LogP contribution in [-0.2, 0) is 10.0 Å². The van der Waals surface area contributed by atoms with Gasteiger partial charge in [0.15, 0.2) is 0 Å². The number of H-pyrrole nitrogens is 1. The first-order chi connectivity index (χ1) is 9.99. The van der Waals surface area contributed by atoms with Gasteiger partial charge in [0.05, 0.1) is 17.9 Å². The van der Waals surface area contributed by atoms with Crippen molar-refractivity contribution >= 4 is 20.9 Å². The van der Waals surface area contributed by atoms with Crippen molar-refractivity contribution in [2.75, 3.05) is 19.3 Å². The molecule has 0 bridgehead atoms. The van der Waals surface area contributed by atoms with E-state index in [9.17, 15) is 8.42 Å². The van der Waals surface area contributed by atoms with Gasteiger partial charge in [0.2, 0.25) is 10.0 Å². The lowest BCUT2D eigenvalue weighted by atomic mass is 9.90. The van der Waals surface area contributed by atoms with Crippen molar-refractivity contribution in [2.45, 2.75) is 18.8 Å². The summed E-state index contributed by atoms with van der Waals surface area (Å²) in [5.74, 6) is 0.339. The maximum absolute atomic E-state index is 11.6. The molecule has 1 aromatic heterocycles. The number of sulfonamides is 1. The van der Waals surface area contributed by atoms with Crippen molar-refractivity contribution in [1.82, 2.24) is 9.29 Å². The van der Waals surface area contributed by atoms with Crippen LogP contribution in [0.2, 0.25) is 0 Å². The third-order valence-corrected chi connectivity index (χ3v) is 5.51. The number of piperidine rings is 1. The summed E-state index contributed by atoms with van der Waals surface area (Å²) in [6.07, 6.45) is 4.89. The first-order valence-corrected chi connectivity index (χ1v) is 8.80. The number of nitrogens with one attached hydrogen (secondary N) is 1. The molecule has 0 amide bonds. The maximum Gasteiger partial charge on any atom is 0.211 e. The molecule has 0 radical (unpaired) electrons. The summed E-state index contributed by atoms with van der Waals surface area (Å²) in [5, 5.41) is 10.1. The van der Waals surface area contributed by atoms with E-state index in [2.05, 4.69) is 11.1 Å². The molecule has 1 aromatic carbocycles. The highest BCUT2D eigenvalue weighted by Crippen LogP contribution is 2.34. The molecule has 21 heavy (non-hydrogen) atoms. The van der Waals surface area contributed by atoms with E-state index in [1.165, 1.54) is 11.8 Å². The van der Waals surface area contributed by atoms with Gasteiger partial charge >= 0.3 is 0 Å². The van der Waals surface area contributed by atoms with E-state index in [1.54, 1.807) is 10.4 Å². The van der Waals surface area contributed by atoms with Crippen LogP contribution in [0.15, 0.2) is 24.4 Å². The zero-order chi connectivity index (χ0) is 15.0. The Kier molecular flexibility index (Phi) is 3.47. The van der Waals surface area contributed by atoms with Crippen LogP contribution in [0.1, 0.15) is 29.9 Å². The molecule has 1 aliphatic heterocycles. The first kappa shape index (κ1) is 14.1. The fourth-order valence-electron chi connectivity index (χ4n) is 3.05. The average molecular weight is 303 g/mol. The molecule has 6 heteroatoms. The second-order valence-corrected chi connectivity index (χ2v) is 7.53. The Morgan fingerprint density at radius 2 is 2.05 bits per heavy atom. The fourth-order valence-corrected chi connectivity index (χ4v) is 3.92. The largest absolute Gasteiger partial charge is 0.361 e. The predicted octanol–water partition coefficient (Wildman–Crippen LogP) is 2.18. The highest BCUT2D eigenvalue weighted by Gasteiger charge is 2.27. The minimum absolute atomic E-state index is 0.339. The highest BCUT2D eigenvalue weighted by atomic mass is 32.2. The van der Waals surface area contributed by atoms with E-state index >= 15 is 0 Å². The lowest BCUT2D eigenvalue weighted by Gasteiger charge is -2.30. The second kappa shape index (κ2) is 5.17. The molecule has 1 N–H and O–H groups in total. The summed E-state index contributed by atoms with van der Waals surface area (Å²) in [4.78, 5) is 3.24. The van der Waals surface area contributed by atoms with Crippen molar-refractivity contribution in [3.63, 3.8) is 0 Å². The molecule has 3 rings (SSSR count). The lowest BCUT2D eigenvalue weighted by molar-refractivity contribution is 0.322. The van der Waals surface area contributed by atoms with Gasteiger partial charge in [-0.1, -0.05) is 0 Å². The Morgan fingerprint density at radius 3 is 2.67 bits per heavy atom. The minimum Gasteiger partial charge on any atom is -0.361 e. The SMILES string of the molecule is CS(=O)(=O)N1CCC(c2c[nH]c3ccc(C#N)cc23)CC1. The van der Waals surface area contributed by atoms with Crippen LogP contribution in [0.3, 0.4) is 0 Å². The number of hydrogen-bond donors (Lipinski definition) is 1. The van der Waals surface area contributed by atoms with Gasteiger partial charge in [-0.3, -0.25) is 0 Å². The Hall–Kier alpha value is -1.84. The third-order valence-electron chi connectivity index (χ3n) is 4.21. The summed E-state index contributed by atoms with van der Waals surface area (Å²) in [6, 6.07) is 7.79. The van der Waals surface area contributed by atoms with Gasteiger partial charge in [-0.15, -0.1) is 0 Å². The second-order valence-electron chi connectivity index (χ2n) is 5.55. The highest BCUT2D eigenvalue weighted by molar-refractivity contribution is 7.88. The molecule has 110 valence electrons. The molecule has 0 saturated carbocycles. The van der Waals surface area contributed by atoms with E-state index in [-0.39, 0.29) is 0 Å². The van der Waals surface area contributed by atoms with Gasteiger partial charge in [-0.05, 0) is 42.5 Å². The summed E-state index contributed by atoms with van der Waals surface area (Å²) in [6.45, 7) is 1.13. The van der Waals surface area contributed by atoms with Crippen LogP contribution in [-0.4, -0.2) is 37.1 Å². The smallest absolute Gasteiger partial charge is 0.211 e. The van der Waals surface area contributed by atoms with Crippen molar-refractivity contribution in [3.05, 3.63) is 35.5 Å². The van der Waals surface area contributed by atoms with Gasteiger partial charge < -0.3 is 4.98 Å². The quantitative estimate of drug-likeness (QED) is 0.923. The molecular formula is C15H17N3O2S. The molecule has 2 heterocycles. The monoisotopic (exact) mass is 303 g/mol. The van der Waals surface area contributed by atoms with Crippen LogP contribution >= 0.6 is 0 Å². The van der Waals surface area contributed by atoms with Gasteiger partial charge in [-0.2, -0.15) is 5.26 Å². The number of benzene rings is 1. The van der Waals surface area contributed by atoms with Crippen LogP contribution in [0, 0.1) is 11.3 Å². The topological polar surface area (TPSA) is 77.0 Å². The molecule has 2 aromatic rings. The summed E-state index contributed by atoms with van der Waals surface area (Å²) in [5.41, 5.74) is 2.86. The van der Waals surface area contributed by atoms with Gasteiger partial charge in [0.1, 0.15) is 0 Å². The van der Waals surface area contributed by atoms with E-state index in [0.29, 0.717) is 24.6 Å². The molecule has 0 aliphatic carbocycles. The predicted molar refractivity (Wildman–Crippen MR) is 81.4 cm³/mol. The number of aromatic nitrogens is 1. The normalized spacial score (nSPS) is 17.9. The molecule has 1 aliphatic rings. The number of nitrogens with zero attached hydrogens (tertiary/aromatic N) is 2. The molecule has 5 nitrogen and oxygen atoms in total. The van der Waals surface area contributed by atoms with Crippen LogP contribution < -0.4 is 0 Å². The van der Waals surface area contributed by atoms with E-state index in [0.717, 1.165) is 23.7 Å². The van der Waals surface area contributed by atoms with Crippen molar-refractivity contribution in [3.8, 4) is 6.07 Å². The maximum atomic E-state index is 11.6. The Labute approximate surface area is 124 Å². The fraction of sp³-hybridized carbons (Fsp3) is 0.400. The van der Waals surface area contributed by atoms with E-state index in [4.69, 9.17) is 5.26 Å². The van der Waals surface area contributed by atoms with Crippen molar-refractivity contribution in [1.29, 1.82) is 5.26 Å². The number of nitriles is 1. The van der Waals surface area contributed by atoms with Crippen LogP contribution in [0.4, 0.5) is 0 Å². The minimum atomic E-state index is -3.09. The van der Waals surface area contributed by atoms with E-state index < -0.39 is 10.0 Å². The molecule has 0 atom stereocenters. The van der Waals surface area contributed by atoms with Crippen LogP contribution in [0.5, 0.6) is 0 Å². The number of rotatable bonds is 2. The zero-order valence-electron chi connectivity index (χ0n) is 11.8. The van der Waals surface area contributed by atoms with Gasteiger partial charge in [0, 0.05) is 30.2 Å². The van der Waals surface area contributed by atoms with Crippen LogP contribution in [0.25, 0.3) is 10.9 Å². The Morgan fingerprint density at radius 1 is 1.33 bits per heavy atom. The summed E-state index contributed by atoms with van der Waals surface area (Å²) < 4.78 is 24.7. The number of aromatic amines is 1. The van der Waals surface area contributed by atoms with Gasteiger partial charge in [-0.25, -0.2) is 12.7 Å². The number of fused-ring (bicyclic) bond motifs is 1. The van der Waals surface area contributed by atoms with Crippen molar-refractivity contribution < 1.29 is 8.42 Å². The standard InChI is InChI=1S/C15H17N3O2S/c1-21(19,20)18-6-4-12(5-7-18)14-10-17-15-3-2-11(9-16)8-13(14)15/h2-3,8,10,12,17H,4-7H2,1H3. The average Bonchev–Trinajstić information content (AvgIpc) is 2.89. The van der Waals surface area contributed by atoms with Crippen molar-refractivity contribution in [2.24, 2.45) is 0 Å². The summed E-state index contributed by atoms with van der Waals surface area (Å²) >= 11 is 0. The third kappa shape index (κ3) is 2.67. The lowest BCUT2D eigenvalue weighted by Crippen LogP contribution is -2.37. The molecular weight excluding hydrogens is 286 g/mol. The number of hydrogen-bond acceptors (Lipinski definition) is 3. The Balaban J connectivity index is 1.87. The van der Waals surface area contributed by atoms with Gasteiger partial charge in [0.25, 0.3) is 0 Å². The first-order valence-electron chi connectivity index (χ1n) is 6.95. The zero-order valence-corrected chi connectivity index (χ0v) is 12.7.